The Morgan fingerprint density at radius 3 is 2.87 bits per heavy atom. The van der Waals surface area contributed by atoms with Crippen LogP contribution in [0.15, 0.2) is 0 Å². The molecule has 0 radical (unpaired) electrons. The Labute approximate surface area is 84.9 Å². The molecule has 88 valence electrons. The maximum atomic E-state index is 13.2. The number of esters is 1. The summed E-state index contributed by atoms with van der Waals surface area (Å²) in [6.45, 7) is 0.884. The van der Waals surface area contributed by atoms with Gasteiger partial charge in [-0.2, -0.15) is 8.78 Å². The van der Waals surface area contributed by atoms with E-state index in [1.165, 1.54) is 6.92 Å². The molecule has 1 aliphatic heterocycles. The molecule has 5 nitrogen and oxygen atoms in total. The molecule has 0 aromatic rings. The highest BCUT2D eigenvalue weighted by molar-refractivity contribution is 5.78. The highest BCUT2D eigenvalue weighted by Crippen LogP contribution is 2.26. The number of carbonyl (C=O) groups is 1. The fraction of sp³-hybridized carbons (Fsp3) is 0.875. The first kappa shape index (κ1) is 12.3. The molecule has 0 saturated carbocycles. The standard InChI is InChI=1S/C8H12F2O5/c1-2-14-7(12)8(9,10)6(11)5-3-13-4-15-5/h5-6,11H,2-4H2,1H3/t5-,6-/m1/s1. The van der Waals surface area contributed by atoms with Crippen LogP contribution in [0, 0.1) is 0 Å². The summed E-state index contributed by atoms with van der Waals surface area (Å²) in [6.07, 6.45) is -3.46. The molecule has 0 amide bonds. The Balaban J connectivity index is 2.62. The summed E-state index contributed by atoms with van der Waals surface area (Å²) in [5.41, 5.74) is 0. The van der Waals surface area contributed by atoms with E-state index >= 15 is 0 Å². The third-order valence-electron chi connectivity index (χ3n) is 1.92. The van der Waals surface area contributed by atoms with Gasteiger partial charge in [0.15, 0.2) is 6.10 Å². The van der Waals surface area contributed by atoms with Gasteiger partial charge in [-0.05, 0) is 6.92 Å². The molecule has 0 aliphatic carbocycles. The predicted octanol–water partition coefficient (Wildman–Crippen LogP) is -0.0814. The van der Waals surface area contributed by atoms with Crippen LogP contribution in [0.1, 0.15) is 6.92 Å². The molecule has 0 bridgehead atoms. The average Bonchev–Trinajstić information content (AvgIpc) is 2.69. The van der Waals surface area contributed by atoms with Gasteiger partial charge >= 0.3 is 11.9 Å². The van der Waals surface area contributed by atoms with Gasteiger partial charge in [0.05, 0.1) is 13.2 Å². The van der Waals surface area contributed by atoms with Crippen LogP contribution in [0.25, 0.3) is 0 Å². The number of rotatable bonds is 4. The van der Waals surface area contributed by atoms with Gasteiger partial charge in [-0.3, -0.25) is 0 Å². The van der Waals surface area contributed by atoms with E-state index in [0.29, 0.717) is 0 Å². The van der Waals surface area contributed by atoms with E-state index in [0.717, 1.165) is 0 Å². The molecule has 15 heavy (non-hydrogen) atoms. The number of halogens is 2. The lowest BCUT2D eigenvalue weighted by molar-refractivity contribution is -0.199. The molecule has 1 fully saturated rings. The predicted molar refractivity (Wildman–Crippen MR) is 43.3 cm³/mol. The second-order valence-corrected chi connectivity index (χ2v) is 2.98. The van der Waals surface area contributed by atoms with Crippen molar-refractivity contribution in [3.8, 4) is 0 Å². The monoisotopic (exact) mass is 226 g/mol. The molecule has 1 heterocycles. The van der Waals surface area contributed by atoms with Crippen LogP contribution in [0.3, 0.4) is 0 Å². The number of hydrogen-bond acceptors (Lipinski definition) is 5. The van der Waals surface area contributed by atoms with Gasteiger partial charge < -0.3 is 19.3 Å². The molecule has 1 rings (SSSR count). The van der Waals surface area contributed by atoms with E-state index < -0.39 is 24.1 Å². The Morgan fingerprint density at radius 2 is 2.40 bits per heavy atom. The summed E-state index contributed by atoms with van der Waals surface area (Å²) in [5, 5.41) is 9.22. The van der Waals surface area contributed by atoms with Gasteiger partial charge in [0.1, 0.15) is 12.9 Å². The van der Waals surface area contributed by atoms with Crippen molar-refractivity contribution < 1.29 is 32.9 Å². The first-order valence-corrected chi connectivity index (χ1v) is 4.42. The van der Waals surface area contributed by atoms with Crippen molar-refractivity contribution in [2.45, 2.75) is 25.1 Å². The van der Waals surface area contributed by atoms with Crippen molar-refractivity contribution in [1.82, 2.24) is 0 Å². The Kier molecular flexibility index (Phi) is 3.95. The molecule has 7 heteroatoms. The number of aliphatic hydroxyl groups excluding tert-OH is 1. The van der Waals surface area contributed by atoms with Crippen LogP contribution in [0.5, 0.6) is 0 Å². The Morgan fingerprint density at radius 1 is 1.73 bits per heavy atom. The lowest BCUT2D eigenvalue weighted by Gasteiger charge is -2.23. The van der Waals surface area contributed by atoms with E-state index in [9.17, 15) is 18.7 Å². The fourth-order valence-corrected chi connectivity index (χ4v) is 1.11. The SMILES string of the molecule is CCOC(=O)C(F)(F)[C@H](O)[C@H]1COCO1. The largest absolute Gasteiger partial charge is 0.461 e. The van der Waals surface area contributed by atoms with Crippen LogP contribution in [0.4, 0.5) is 8.78 Å². The smallest absolute Gasteiger partial charge is 0.379 e. The van der Waals surface area contributed by atoms with Crippen molar-refractivity contribution in [3.63, 3.8) is 0 Å². The van der Waals surface area contributed by atoms with E-state index in [1.807, 2.05) is 0 Å². The zero-order valence-corrected chi connectivity index (χ0v) is 8.11. The van der Waals surface area contributed by atoms with Crippen LogP contribution >= 0.6 is 0 Å². The summed E-state index contributed by atoms with van der Waals surface area (Å²) in [4.78, 5) is 10.8. The lowest BCUT2D eigenvalue weighted by atomic mass is 10.1. The maximum absolute atomic E-state index is 13.2. The van der Waals surface area contributed by atoms with Gasteiger partial charge in [-0.15, -0.1) is 0 Å². The molecule has 2 atom stereocenters. The van der Waals surface area contributed by atoms with Crippen molar-refractivity contribution >= 4 is 5.97 Å². The van der Waals surface area contributed by atoms with E-state index in [1.54, 1.807) is 0 Å². The molecular weight excluding hydrogens is 214 g/mol. The first-order valence-electron chi connectivity index (χ1n) is 4.42. The topological polar surface area (TPSA) is 65.0 Å². The van der Waals surface area contributed by atoms with Crippen molar-refractivity contribution in [1.29, 1.82) is 0 Å². The molecule has 1 N–H and O–H groups in total. The average molecular weight is 226 g/mol. The van der Waals surface area contributed by atoms with Crippen molar-refractivity contribution in [2.75, 3.05) is 20.0 Å². The lowest BCUT2D eigenvalue weighted by Crippen LogP contribution is -2.49. The molecule has 1 saturated heterocycles. The summed E-state index contributed by atoms with van der Waals surface area (Å²) in [5.74, 6) is -5.73. The van der Waals surface area contributed by atoms with E-state index in [4.69, 9.17) is 0 Å². The van der Waals surface area contributed by atoms with Crippen LogP contribution in [-0.2, 0) is 19.0 Å². The Hall–Kier alpha value is -0.790. The summed E-state index contributed by atoms with van der Waals surface area (Å²) in [6, 6.07) is 0. The minimum Gasteiger partial charge on any atom is -0.461 e. The first-order chi connectivity index (χ1) is 7.00. The molecule has 0 spiro atoms. The number of ether oxygens (including phenoxy) is 3. The van der Waals surface area contributed by atoms with E-state index in [2.05, 4.69) is 14.2 Å². The maximum Gasteiger partial charge on any atom is 0.379 e. The van der Waals surface area contributed by atoms with Crippen molar-refractivity contribution in [3.05, 3.63) is 0 Å². The second-order valence-electron chi connectivity index (χ2n) is 2.98. The van der Waals surface area contributed by atoms with Gasteiger partial charge in [0.2, 0.25) is 0 Å². The molecule has 1 aliphatic rings. The third-order valence-corrected chi connectivity index (χ3v) is 1.92. The number of aliphatic hydroxyl groups is 1. The van der Waals surface area contributed by atoms with E-state index in [-0.39, 0.29) is 20.0 Å². The number of alkyl halides is 2. The van der Waals surface area contributed by atoms with Gasteiger partial charge in [-0.25, -0.2) is 4.79 Å². The molecule has 0 aromatic heterocycles. The normalized spacial score (nSPS) is 23.9. The zero-order chi connectivity index (χ0) is 11.5. The summed E-state index contributed by atoms with van der Waals surface area (Å²) < 4.78 is 39.8. The molecule has 0 aromatic carbocycles. The van der Waals surface area contributed by atoms with Gasteiger partial charge in [-0.1, -0.05) is 0 Å². The quantitative estimate of drug-likeness (QED) is 0.679. The van der Waals surface area contributed by atoms with Gasteiger partial charge in [0.25, 0.3) is 0 Å². The van der Waals surface area contributed by atoms with Gasteiger partial charge in [0, 0.05) is 0 Å². The van der Waals surface area contributed by atoms with Crippen LogP contribution in [-0.4, -0.2) is 49.2 Å². The minimum absolute atomic E-state index is 0.166. The number of hydrogen-bond donors (Lipinski definition) is 1. The third kappa shape index (κ3) is 2.61. The van der Waals surface area contributed by atoms with Crippen molar-refractivity contribution in [2.24, 2.45) is 0 Å². The fourth-order valence-electron chi connectivity index (χ4n) is 1.11. The molecular formula is C8H12F2O5. The second kappa shape index (κ2) is 4.82. The highest BCUT2D eigenvalue weighted by atomic mass is 19.3. The minimum atomic E-state index is -3.98. The van der Waals surface area contributed by atoms with Crippen LogP contribution in [0.2, 0.25) is 0 Å². The summed E-state index contributed by atoms with van der Waals surface area (Å²) in [7, 11) is 0. The molecule has 0 unspecified atom stereocenters. The van der Waals surface area contributed by atoms with Crippen LogP contribution < -0.4 is 0 Å². The number of carbonyl (C=O) groups excluding carboxylic acids is 1. The zero-order valence-electron chi connectivity index (χ0n) is 8.11. The summed E-state index contributed by atoms with van der Waals surface area (Å²) >= 11 is 0. The highest BCUT2D eigenvalue weighted by Gasteiger charge is 2.52. The Bertz CT molecular complexity index is 227.